The second kappa shape index (κ2) is 11.0. The first-order valence-electron chi connectivity index (χ1n) is 10.6. The van der Waals surface area contributed by atoms with Crippen molar-refractivity contribution in [2.45, 2.75) is 86.5 Å². The van der Waals surface area contributed by atoms with Crippen molar-refractivity contribution in [3.63, 3.8) is 0 Å². The standard InChI is InChI=1S/C22H42N2O3/c1-21(2,3)13-8-9-14-23-19(25)11-7-10-15-24-17-27-16-12-18(20(24)26)22(4,5)6/h18H,7-17H2,1-6H3,(H,23,25). The van der Waals surface area contributed by atoms with Crippen LogP contribution in [-0.2, 0) is 14.3 Å². The molecule has 1 N–H and O–H groups in total. The van der Waals surface area contributed by atoms with Crippen molar-refractivity contribution in [2.24, 2.45) is 16.7 Å². The lowest BCUT2D eigenvalue weighted by Gasteiger charge is -2.31. The van der Waals surface area contributed by atoms with Gasteiger partial charge in [-0.2, -0.15) is 0 Å². The number of nitrogens with one attached hydrogen (secondary N) is 1. The van der Waals surface area contributed by atoms with Gasteiger partial charge in [0.05, 0.1) is 0 Å². The van der Waals surface area contributed by atoms with Gasteiger partial charge >= 0.3 is 0 Å². The number of carbonyl (C=O) groups is 2. The molecule has 27 heavy (non-hydrogen) atoms. The van der Waals surface area contributed by atoms with Gasteiger partial charge in [0.25, 0.3) is 0 Å². The summed E-state index contributed by atoms with van der Waals surface area (Å²) in [5, 5.41) is 3.01. The molecule has 1 saturated heterocycles. The predicted octanol–water partition coefficient (Wildman–Crippen LogP) is 4.36. The van der Waals surface area contributed by atoms with Gasteiger partial charge in [-0.15, -0.1) is 0 Å². The van der Waals surface area contributed by atoms with Crippen LogP contribution in [0.4, 0.5) is 0 Å². The molecule has 158 valence electrons. The zero-order valence-corrected chi connectivity index (χ0v) is 18.5. The lowest BCUT2D eigenvalue weighted by Crippen LogP contribution is -2.40. The molecule has 0 saturated carbocycles. The molecule has 1 aliphatic heterocycles. The molecular weight excluding hydrogens is 340 g/mol. The maximum Gasteiger partial charge on any atom is 0.228 e. The molecule has 0 aliphatic carbocycles. The summed E-state index contributed by atoms with van der Waals surface area (Å²) in [5.74, 6) is 0.330. The number of rotatable bonds is 9. The number of amides is 2. The van der Waals surface area contributed by atoms with E-state index in [1.54, 1.807) is 0 Å². The van der Waals surface area contributed by atoms with Crippen LogP contribution in [0.15, 0.2) is 0 Å². The minimum Gasteiger partial charge on any atom is -0.361 e. The number of hydrogen-bond acceptors (Lipinski definition) is 3. The van der Waals surface area contributed by atoms with Gasteiger partial charge in [-0.25, -0.2) is 0 Å². The van der Waals surface area contributed by atoms with E-state index in [1.807, 2.05) is 4.90 Å². The molecule has 2 amide bonds. The maximum atomic E-state index is 12.8. The van der Waals surface area contributed by atoms with E-state index in [-0.39, 0.29) is 23.1 Å². The molecule has 1 fully saturated rings. The van der Waals surface area contributed by atoms with E-state index in [9.17, 15) is 9.59 Å². The Morgan fingerprint density at radius 1 is 1.11 bits per heavy atom. The first-order chi connectivity index (χ1) is 12.5. The van der Waals surface area contributed by atoms with Crippen molar-refractivity contribution < 1.29 is 14.3 Å². The highest BCUT2D eigenvalue weighted by molar-refractivity contribution is 5.79. The lowest BCUT2D eigenvalue weighted by molar-refractivity contribution is -0.140. The molecule has 1 aliphatic rings. The molecule has 0 spiro atoms. The van der Waals surface area contributed by atoms with Crippen molar-refractivity contribution >= 4 is 11.8 Å². The molecule has 0 aromatic carbocycles. The predicted molar refractivity (Wildman–Crippen MR) is 110 cm³/mol. The van der Waals surface area contributed by atoms with Crippen molar-refractivity contribution in [1.29, 1.82) is 0 Å². The summed E-state index contributed by atoms with van der Waals surface area (Å²) < 4.78 is 5.61. The number of ether oxygens (including phenoxy) is 1. The normalized spacial score (nSPS) is 19.1. The summed E-state index contributed by atoms with van der Waals surface area (Å²) in [4.78, 5) is 26.5. The van der Waals surface area contributed by atoms with E-state index in [0.29, 0.717) is 31.7 Å². The number of hydrogen-bond donors (Lipinski definition) is 1. The van der Waals surface area contributed by atoms with Crippen molar-refractivity contribution in [3.8, 4) is 0 Å². The highest BCUT2D eigenvalue weighted by Gasteiger charge is 2.35. The molecule has 0 bridgehead atoms. The molecule has 5 nitrogen and oxygen atoms in total. The minimum atomic E-state index is -0.0457. The molecule has 5 heteroatoms. The van der Waals surface area contributed by atoms with Crippen LogP contribution in [0.1, 0.15) is 86.5 Å². The monoisotopic (exact) mass is 382 g/mol. The van der Waals surface area contributed by atoms with Crippen LogP contribution in [0, 0.1) is 16.7 Å². The topological polar surface area (TPSA) is 58.6 Å². The zero-order chi connectivity index (χ0) is 20.5. The molecule has 1 rings (SSSR count). The Bertz CT molecular complexity index is 463. The van der Waals surface area contributed by atoms with E-state index >= 15 is 0 Å². The van der Waals surface area contributed by atoms with Crippen LogP contribution in [0.3, 0.4) is 0 Å². The van der Waals surface area contributed by atoms with Crippen LogP contribution < -0.4 is 5.32 Å². The Morgan fingerprint density at radius 2 is 1.81 bits per heavy atom. The molecule has 1 unspecified atom stereocenters. The molecule has 1 heterocycles. The fourth-order valence-electron chi connectivity index (χ4n) is 3.45. The van der Waals surface area contributed by atoms with Crippen molar-refractivity contribution in [3.05, 3.63) is 0 Å². The minimum absolute atomic E-state index is 0.0106. The highest BCUT2D eigenvalue weighted by atomic mass is 16.5. The molecule has 0 radical (unpaired) electrons. The highest BCUT2D eigenvalue weighted by Crippen LogP contribution is 2.32. The number of carbonyl (C=O) groups excluding carboxylic acids is 2. The van der Waals surface area contributed by atoms with Gasteiger partial charge in [0.15, 0.2) is 0 Å². The van der Waals surface area contributed by atoms with Gasteiger partial charge in [-0.05, 0) is 42.9 Å². The smallest absolute Gasteiger partial charge is 0.228 e. The van der Waals surface area contributed by atoms with E-state index in [0.717, 1.165) is 38.6 Å². The third kappa shape index (κ3) is 10.1. The zero-order valence-electron chi connectivity index (χ0n) is 18.5. The molecule has 0 aromatic heterocycles. The van der Waals surface area contributed by atoms with Gasteiger partial charge in [0, 0.05) is 32.0 Å². The van der Waals surface area contributed by atoms with E-state index in [4.69, 9.17) is 4.74 Å². The molecule has 0 aromatic rings. The Morgan fingerprint density at radius 3 is 2.44 bits per heavy atom. The Kier molecular flexibility index (Phi) is 9.78. The first kappa shape index (κ1) is 23.9. The van der Waals surface area contributed by atoms with Crippen LogP contribution in [0.2, 0.25) is 0 Å². The summed E-state index contributed by atoms with van der Waals surface area (Å²) in [6.07, 6.45) is 6.33. The van der Waals surface area contributed by atoms with E-state index in [1.165, 1.54) is 6.42 Å². The van der Waals surface area contributed by atoms with Gasteiger partial charge in [-0.3, -0.25) is 9.59 Å². The maximum absolute atomic E-state index is 12.8. The van der Waals surface area contributed by atoms with E-state index < -0.39 is 0 Å². The van der Waals surface area contributed by atoms with Crippen LogP contribution in [0.5, 0.6) is 0 Å². The lowest BCUT2D eigenvalue weighted by atomic mass is 9.78. The quantitative estimate of drug-likeness (QED) is 0.603. The Labute approximate surface area is 166 Å². The van der Waals surface area contributed by atoms with Gasteiger partial charge in [0.1, 0.15) is 6.73 Å². The second-order valence-electron chi connectivity index (χ2n) is 10.2. The SMILES string of the molecule is CC(C)(C)CCCCNC(=O)CCCCN1COCCC(C(C)(C)C)C1=O. The molecule has 1 atom stereocenters. The van der Waals surface area contributed by atoms with Crippen molar-refractivity contribution in [2.75, 3.05) is 26.4 Å². The average Bonchev–Trinajstić information content (AvgIpc) is 2.71. The summed E-state index contributed by atoms with van der Waals surface area (Å²) in [7, 11) is 0. The summed E-state index contributed by atoms with van der Waals surface area (Å²) >= 11 is 0. The Hall–Kier alpha value is -1.10. The Balaban J connectivity index is 2.21. The average molecular weight is 383 g/mol. The fraction of sp³-hybridized carbons (Fsp3) is 0.909. The van der Waals surface area contributed by atoms with Gasteiger partial charge in [-0.1, -0.05) is 48.0 Å². The van der Waals surface area contributed by atoms with E-state index in [2.05, 4.69) is 46.9 Å². The first-order valence-corrected chi connectivity index (χ1v) is 10.6. The van der Waals surface area contributed by atoms with Crippen LogP contribution in [-0.4, -0.2) is 43.1 Å². The molecular formula is C22H42N2O3. The number of unbranched alkanes of at least 4 members (excludes halogenated alkanes) is 2. The second-order valence-corrected chi connectivity index (χ2v) is 10.2. The van der Waals surface area contributed by atoms with Gasteiger partial charge in [0.2, 0.25) is 11.8 Å². The van der Waals surface area contributed by atoms with Crippen LogP contribution in [0.25, 0.3) is 0 Å². The largest absolute Gasteiger partial charge is 0.361 e. The number of nitrogens with zero attached hydrogens (tertiary/aromatic N) is 1. The third-order valence-corrected chi connectivity index (χ3v) is 5.21. The summed E-state index contributed by atoms with van der Waals surface area (Å²) in [6, 6.07) is 0. The summed E-state index contributed by atoms with van der Waals surface area (Å²) in [6.45, 7) is 15.5. The summed E-state index contributed by atoms with van der Waals surface area (Å²) in [5.41, 5.74) is 0.320. The van der Waals surface area contributed by atoms with Crippen LogP contribution >= 0.6 is 0 Å². The van der Waals surface area contributed by atoms with Crippen molar-refractivity contribution in [1.82, 2.24) is 10.2 Å². The third-order valence-electron chi connectivity index (χ3n) is 5.21. The van der Waals surface area contributed by atoms with Gasteiger partial charge < -0.3 is 15.0 Å². The fourth-order valence-corrected chi connectivity index (χ4v) is 3.45.